The van der Waals surface area contributed by atoms with Crippen molar-refractivity contribution >= 4 is 21.6 Å². The number of hydrogen-bond donors (Lipinski definition) is 0. The lowest BCUT2D eigenvalue weighted by atomic mass is 10.2. The van der Waals surface area contributed by atoms with Gasteiger partial charge < -0.3 is 14.3 Å². The first-order chi connectivity index (χ1) is 14.9. The molecule has 0 saturated carbocycles. The van der Waals surface area contributed by atoms with Gasteiger partial charge in [0.1, 0.15) is 5.82 Å². The summed E-state index contributed by atoms with van der Waals surface area (Å²) in [4.78, 5) is 25.3. The van der Waals surface area contributed by atoms with Crippen LogP contribution < -0.4 is 4.90 Å². The van der Waals surface area contributed by atoms with E-state index in [0.717, 1.165) is 11.4 Å². The van der Waals surface area contributed by atoms with Crippen molar-refractivity contribution in [3.05, 3.63) is 54.6 Å². The Kier molecular flexibility index (Phi) is 5.99. The number of carbonyl (C=O) groups excluding carboxylic acids is 1. The Morgan fingerprint density at radius 2 is 1.81 bits per heavy atom. The molecule has 31 heavy (non-hydrogen) atoms. The molecule has 0 aliphatic carbocycles. The summed E-state index contributed by atoms with van der Waals surface area (Å²) in [6.07, 6.45) is 1.68. The quantitative estimate of drug-likeness (QED) is 0.571. The highest BCUT2D eigenvalue weighted by Gasteiger charge is 2.24. The highest BCUT2D eigenvalue weighted by atomic mass is 32.2. The first-order valence-electron chi connectivity index (χ1n) is 10.00. The van der Waals surface area contributed by atoms with Crippen molar-refractivity contribution in [3.63, 3.8) is 0 Å². The fraction of sp³-hybridized carbons (Fsp3) is 0.333. The minimum atomic E-state index is -3.46. The molecule has 1 aliphatic rings. The number of pyridine rings is 1. The molecule has 4 rings (SSSR count). The predicted octanol–water partition coefficient (Wildman–Crippen LogP) is 1.95. The molecule has 2 aromatic heterocycles. The average molecular weight is 442 g/mol. The van der Waals surface area contributed by atoms with Crippen molar-refractivity contribution in [2.45, 2.75) is 18.2 Å². The largest absolute Gasteiger partial charge is 0.353 e. The van der Waals surface area contributed by atoms with Gasteiger partial charge >= 0.3 is 0 Å². The van der Waals surface area contributed by atoms with Gasteiger partial charge in [0.25, 0.3) is 0 Å². The van der Waals surface area contributed by atoms with Gasteiger partial charge in [-0.25, -0.2) is 13.4 Å². The van der Waals surface area contributed by atoms with E-state index in [-0.39, 0.29) is 23.0 Å². The maximum Gasteiger partial charge on any atom is 0.223 e. The lowest BCUT2D eigenvalue weighted by molar-refractivity contribution is -0.131. The summed E-state index contributed by atoms with van der Waals surface area (Å²) >= 11 is 0. The monoisotopic (exact) mass is 441 g/mol. The van der Waals surface area contributed by atoms with Crippen molar-refractivity contribution in [1.29, 1.82) is 0 Å². The van der Waals surface area contributed by atoms with Crippen LogP contribution in [-0.2, 0) is 14.6 Å². The van der Waals surface area contributed by atoms with E-state index in [2.05, 4.69) is 20.0 Å². The fourth-order valence-corrected chi connectivity index (χ4v) is 4.68. The van der Waals surface area contributed by atoms with Gasteiger partial charge in [0, 0.05) is 51.3 Å². The second-order valence-electron chi connectivity index (χ2n) is 7.29. The number of piperazine rings is 1. The van der Waals surface area contributed by atoms with E-state index in [1.54, 1.807) is 48.4 Å². The van der Waals surface area contributed by atoms with Gasteiger partial charge in [0.15, 0.2) is 9.84 Å². The van der Waals surface area contributed by atoms with Gasteiger partial charge in [-0.05, 0) is 24.3 Å². The van der Waals surface area contributed by atoms with Gasteiger partial charge in [-0.2, -0.15) is 4.98 Å². The Bertz CT molecular complexity index is 1140. The lowest BCUT2D eigenvalue weighted by Crippen LogP contribution is -2.49. The maximum atomic E-state index is 12.5. The molecule has 3 aromatic rings. The number of amides is 1. The second kappa shape index (κ2) is 8.84. The fourth-order valence-electron chi connectivity index (χ4n) is 3.43. The Hall–Kier alpha value is -3.27. The zero-order chi connectivity index (χ0) is 21.8. The second-order valence-corrected chi connectivity index (χ2v) is 9.40. The minimum absolute atomic E-state index is 0.0196. The van der Waals surface area contributed by atoms with E-state index in [4.69, 9.17) is 4.52 Å². The molecule has 0 N–H and O–H groups in total. The molecule has 1 amide bonds. The van der Waals surface area contributed by atoms with E-state index in [1.165, 1.54) is 0 Å². The molecule has 1 aliphatic heterocycles. The van der Waals surface area contributed by atoms with Gasteiger partial charge in [0.05, 0.1) is 10.6 Å². The van der Waals surface area contributed by atoms with Crippen LogP contribution in [0, 0.1) is 6.92 Å². The Morgan fingerprint density at radius 1 is 1.06 bits per heavy atom. The molecule has 3 heterocycles. The maximum absolute atomic E-state index is 12.5. The van der Waals surface area contributed by atoms with Crippen LogP contribution in [0.15, 0.2) is 58.1 Å². The number of rotatable bonds is 6. The number of aromatic nitrogens is 3. The highest BCUT2D eigenvalue weighted by Crippen LogP contribution is 2.20. The van der Waals surface area contributed by atoms with Crippen molar-refractivity contribution in [2.75, 3.05) is 36.8 Å². The number of aryl methyl sites for hydroxylation is 1. The van der Waals surface area contributed by atoms with E-state index >= 15 is 0 Å². The van der Waals surface area contributed by atoms with Crippen LogP contribution in [0.2, 0.25) is 0 Å². The summed E-state index contributed by atoms with van der Waals surface area (Å²) in [5, 5.41) is 3.88. The molecule has 0 atom stereocenters. The van der Waals surface area contributed by atoms with E-state index < -0.39 is 9.84 Å². The standard InChI is InChI=1S/C21H23N5O4S/c1-16-23-21(24-30-16)17-7-8-19(22-15-17)25-10-12-26(13-11-25)20(27)9-14-31(28,29)18-5-3-2-4-6-18/h2-8,15H,9-14H2,1H3. The molecule has 0 spiro atoms. The van der Waals surface area contributed by atoms with Crippen LogP contribution in [-0.4, -0.2) is 66.3 Å². The first-order valence-corrected chi connectivity index (χ1v) is 11.6. The van der Waals surface area contributed by atoms with Crippen LogP contribution in [0.1, 0.15) is 12.3 Å². The Labute approximate surface area is 180 Å². The van der Waals surface area contributed by atoms with Crippen molar-refractivity contribution in [1.82, 2.24) is 20.0 Å². The third-order valence-corrected chi connectivity index (χ3v) is 6.91. The molecule has 1 saturated heterocycles. The SMILES string of the molecule is Cc1nc(-c2ccc(N3CCN(C(=O)CCS(=O)(=O)c4ccccc4)CC3)nc2)no1. The van der Waals surface area contributed by atoms with Gasteiger partial charge in [-0.1, -0.05) is 23.4 Å². The predicted molar refractivity (Wildman–Crippen MR) is 114 cm³/mol. The molecule has 0 bridgehead atoms. The topological polar surface area (TPSA) is 110 Å². The normalized spacial score (nSPS) is 14.6. The number of sulfone groups is 1. The zero-order valence-electron chi connectivity index (χ0n) is 17.1. The van der Waals surface area contributed by atoms with E-state index in [1.807, 2.05) is 12.1 Å². The number of benzene rings is 1. The van der Waals surface area contributed by atoms with Crippen molar-refractivity contribution in [2.24, 2.45) is 0 Å². The summed E-state index contributed by atoms with van der Waals surface area (Å²) in [6.45, 7) is 4.04. The van der Waals surface area contributed by atoms with Crippen LogP contribution in [0.4, 0.5) is 5.82 Å². The Morgan fingerprint density at radius 3 is 2.42 bits per heavy atom. The minimum Gasteiger partial charge on any atom is -0.353 e. The van der Waals surface area contributed by atoms with Crippen LogP contribution >= 0.6 is 0 Å². The molecule has 162 valence electrons. The molecule has 9 nitrogen and oxygen atoms in total. The number of carbonyl (C=O) groups is 1. The van der Waals surface area contributed by atoms with Crippen LogP contribution in [0.25, 0.3) is 11.4 Å². The molecule has 10 heteroatoms. The van der Waals surface area contributed by atoms with Crippen LogP contribution in [0.3, 0.4) is 0 Å². The summed E-state index contributed by atoms with van der Waals surface area (Å²) < 4.78 is 29.8. The molecular weight excluding hydrogens is 418 g/mol. The molecule has 0 radical (unpaired) electrons. The molecule has 1 fully saturated rings. The molecular formula is C21H23N5O4S. The summed E-state index contributed by atoms with van der Waals surface area (Å²) in [7, 11) is -3.46. The van der Waals surface area contributed by atoms with Crippen molar-refractivity contribution in [3.8, 4) is 11.4 Å². The third kappa shape index (κ3) is 4.91. The van der Waals surface area contributed by atoms with Crippen molar-refractivity contribution < 1.29 is 17.7 Å². The average Bonchev–Trinajstić information content (AvgIpc) is 3.25. The smallest absolute Gasteiger partial charge is 0.223 e. The van der Waals surface area contributed by atoms with E-state index in [0.29, 0.717) is 37.9 Å². The van der Waals surface area contributed by atoms with Crippen LogP contribution in [0.5, 0.6) is 0 Å². The van der Waals surface area contributed by atoms with E-state index in [9.17, 15) is 13.2 Å². The Balaban J connectivity index is 1.29. The number of nitrogens with zero attached hydrogens (tertiary/aromatic N) is 5. The molecule has 0 unspecified atom stereocenters. The third-order valence-electron chi connectivity index (χ3n) is 5.18. The van der Waals surface area contributed by atoms with Gasteiger partial charge in [-0.3, -0.25) is 4.79 Å². The first kappa shape index (κ1) is 21.0. The zero-order valence-corrected chi connectivity index (χ0v) is 18.0. The number of hydrogen-bond acceptors (Lipinski definition) is 8. The van der Waals surface area contributed by atoms with Gasteiger partial charge in [0.2, 0.25) is 17.6 Å². The number of anilines is 1. The summed E-state index contributed by atoms with van der Waals surface area (Å²) in [5.74, 6) is 1.47. The summed E-state index contributed by atoms with van der Waals surface area (Å²) in [6, 6.07) is 12.0. The molecule has 1 aromatic carbocycles. The lowest BCUT2D eigenvalue weighted by Gasteiger charge is -2.35. The summed E-state index contributed by atoms with van der Waals surface area (Å²) in [5.41, 5.74) is 0.772. The highest BCUT2D eigenvalue weighted by molar-refractivity contribution is 7.91. The van der Waals surface area contributed by atoms with Gasteiger partial charge in [-0.15, -0.1) is 0 Å².